The van der Waals surface area contributed by atoms with Crippen LogP contribution < -0.4 is 5.32 Å². The molecule has 6 nitrogen and oxygen atoms in total. The van der Waals surface area contributed by atoms with Gasteiger partial charge < -0.3 is 25.7 Å². The molecule has 14 heavy (non-hydrogen) atoms. The molecule has 0 unspecified atom stereocenters. The topological polar surface area (TPSA) is 110 Å². The summed E-state index contributed by atoms with van der Waals surface area (Å²) < 4.78 is 0. The largest absolute Gasteiger partial charge is 0.394 e. The molecule has 0 aliphatic carbocycles. The molecule has 3 atom stereocenters. The first-order chi connectivity index (χ1) is 6.58. The van der Waals surface area contributed by atoms with Crippen LogP contribution in [0.4, 0.5) is 0 Å². The van der Waals surface area contributed by atoms with Gasteiger partial charge in [0.2, 0.25) is 0 Å². The highest BCUT2D eigenvalue weighted by Crippen LogP contribution is 1.98. The van der Waals surface area contributed by atoms with Crippen molar-refractivity contribution in [3.63, 3.8) is 0 Å². The van der Waals surface area contributed by atoms with Gasteiger partial charge in [-0.2, -0.15) is 0 Å². The first-order valence-electron chi connectivity index (χ1n) is 4.43. The van der Waals surface area contributed by atoms with E-state index >= 15 is 0 Å². The third-order valence-corrected chi connectivity index (χ3v) is 1.82. The van der Waals surface area contributed by atoms with Gasteiger partial charge in [-0.15, -0.1) is 0 Å². The molecule has 0 radical (unpaired) electrons. The molecule has 0 aliphatic heterocycles. The molecule has 5 N–H and O–H groups in total. The van der Waals surface area contributed by atoms with Crippen LogP contribution in [-0.2, 0) is 4.79 Å². The minimum atomic E-state index is -1.67. The summed E-state index contributed by atoms with van der Waals surface area (Å²) in [7, 11) is 0. The molecule has 0 amide bonds. The van der Waals surface area contributed by atoms with E-state index in [1.54, 1.807) is 6.92 Å². The van der Waals surface area contributed by atoms with Gasteiger partial charge in [0.25, 0.3) is 0 Å². The number of likely N-dealkylation sites (N-methyl/N-ethyl adjacent to an activating group) is 1. The summed E-state index contributed by atoms with van der Waals surface area (Å²) in [6, 6.07) is -0.906. The van der Waals surface area contributed by atoms with Crippen molar-refractivity contribution < 1.29 is 25.2 Å². The zero-order valence-electron chi connectivity index (χ0n) is 8.05. The number of hydrogen-bond donors (Lipinski definition) is 5. The number of aliphatic hydroxyl groups is 4. The predicted molar refractivity (Wildman–Crippen MR) is 48.7 cm³/mol. The molecule has 0 heterocycles. The predicted octanol–water partition coefficient (Wildman–Crippen LogP) is -2.76. The van der Waals surface area contributed by atoms with Gasteiger partial charge in [-0.3, -0.25) is 4.79 Å². The summed E-state index contributed by atoms with van der Waals surface area (Å²) in [5, 5.41) is 38.1. The molecule has 0 saturated heterocycles. The van der Waals surface area contributed by atoms with Gasteiger partial charge in [-0.1, -0.05) is 6.92 Å². The Balaban J connectivity index is 4.26. The fraction of sp³-hybridized carbons (Fsp3) is 0.875. The lowest BCUT2D eigenvalue weighted by atomic mass is 10.0. The molecule has 6 heteroatoms. The van der Waals surface area contributed by atoms with E-state index in [-0.39, 0.29) is 0 Å². The van der Waals surface area contributed by atoms with Crippen LogP contribution in [0.5, 0.6) is 0 Å². The van der Waals surface area contributed by atoms with Crippen molar-refractivity contribution in [1.29, 1.82) is 0 Å². The van der Waals surface area contributed by atoms with E-state index < -0.39 is 37.2 Å². The lowest BCUT2D eigenvalue weighted by molar-refractivity contribution is -0.137. The number of carbonyl (C=O) groups excluding carboxylic acids is 1. The van der Waals surface area contributed by atoms with Crippen LogP contribution in [0.15, 0.2) is 0 Å². The summed E-state index contributed by atoms with van der Waals surface area (Å²) in [5.41, 5.74) is 0. The van der Waals surface area contributed by atoms with Crippen molar-refractivity contribution in [1.82, 2.24) is 5.32 Å². The minimum Gasteiger partial charge on any atom is -0.394 e. The van der Waals surface area contributed by atoms with Gasteiger partial charge in [0.05, 0.1) is 19.3 Å². The smallest absolute Gasteiger partial charge is 0.183 e. The normalized spacial score (nSPS) is 17.5. The average molecular weight is 207 g/mol. The number of Topliss-reactive ketones (excluding diaryl/α,β-unsaturated/α-hetero) is 1. The second kappa shape index (κ2) is 6.86. The SMILES string of the molecule is CCN[C@@H](CO)C(=O)[C@H](O)[C@H](O)CO. The standard InChI is InChI=1S/C8H17NO5/c1-2-9-5(3-10)7(13)8(14)6(12)4-11/h5-6,8-12,14H,2-4H2,1H3/t5-,6+,8+/m0/s1. The Hall–Kier alpha value is -0.530. The maximum Gasteiger partial charge on any atom is 0.183 e. The van der Waals surface area contributed by atoms with Crippen LogP contribution in [0.3, 0.4) is 0 Å². The molecular weight excluding hydrogens is 190 g/mol. The molecule has 0 bridgehead atoms. The summed E-state index contributed by atoms with van der Waals surface area (Å²) in [5.74, 6) is -0.726. The van der Waals surface area contributed by atoms with Crippen molar-refractivity contribution in [2.24, 2.45) is 0 Å². The maximum absolute atomic E-state index is 11.3. The molecule has 0 aromatic heterocycles. The third kappa shape index (κ3) is 3.69. The van der Waals surface area contributed by atoms with E-state index in [0.29, 0.717) is 6.54 Å². The molecule has 84 valence electrons. The first kappa shape index (κ1) is 13.5. The zero-order chi connectivity index (χ0) is 11.1. The minimum absolute atomic E-state index is 0.456. The van der Waals surface area contributed by atoms with Gasteiger partial charge in [0.15, 0.2) is 5.78 Å². The quantitative estimate of drug-likeness (QED) is 0.309. The lowest BCUT2D eigenvalue weighted by Gasteiger charge is -2.20. The van der Waals surface area contributed by atoms with Crippen LogP contribution in [0.25, 0.3) is 0 Å². The van der Waals surface area contributed by atoms with Gasteiger partial charge in [0.1, 0.15) is 12.2 Å². The first-order valence-corrected chi connectivity index (χ1v) is 4.43. The van der Waals surface area contributed by atoms with E-state index in [2.05, 4.69) is 5.32 Å². The van der Waals surface area contributed by atoms with E-state index in [9.17, 15) is 9.90 Å². The molecule has 0 aliphatic rings. The van der Waals surface area contributed by atoms with E-state index in [0.717, 1.165) is 0 Å². The van der Waals surface area contributed by atoms with Gasteiger partial charge in [0, 0.05) is 0 Å². The van der Waals surface area contributed by atoms with Crippen molar-refractivity contribution in [2.75, 3.05) is 19.8 Å². The third-order valence-electron chi connectivity index (χ3n) is 1.82. The summed E-state index contributed by atoms with van der Waals surface area (Å²) in [4.78, 5) is 11.3. The second-order valence-corrected chi connectivity index (χ2v) is 2.89. The van der Waals surface area contributed by atoms with E-state index in [1.165, 1.54) is 0 Å². The molecular formula is C8H17NO5. The van der Waals surface area contributed by atoms with Crippen molar-refractivity contribution in [3.8, 4) is 0 Å². The molecule has 0 aromatic rings. The number of rotatable bonds is 7. The van der Waals surface area contributed by atoms with E-state index in [1.807, 2.05) is 0 Å². The van der Waals surface area contributed by atoms with Crippen LogP contribution >= 0.6 is 0 Å². The van der Waals surface area contributed by atoms with Gasteiger partial charge >= 0.3 is 0 Å². The Morgan fingerprint density at radius 3 is 2.21 bits per heavy atom. The van der Waals surface area contributed by atoms with Crippen molar-refractivity contribution >= 4 is 5.78 Å². The zero-order valence-corrected chi connectivity index (χ0v) is 8.05. The fourth-order valence-corrected chi connectivity index (χ4v) is 0.997. The summed E-state index contributed by atoms with van der Waals surface area (Å²) in [6.07, 6.45) is -3.17. The second-order valence-electron chi connectivity index (χ2n) is 2.89. The maximum atomic E-state index is 11.3. The van der Waals surface area contributed by atoms with Crippen molar-refractivity contribution in [3.05, 3.63) is 0 Å². The summed E-state index contributed by atoms with van der Waals surface area (Å²) in [6.45, 7) is 1.04. The number of hydrogen-bond acceptors (Lipinski definition) is 6. The highest BCUT2D eigenvalue weighted by Gasteiger charge is 2.29. The molecule has 0 spiro atoms. The Morgan fingerprint density at radius 2 is 1.86 bits per heavy atom. The van der Waals surface area contributed by atoms with Crippen LogP contribution in [0, 0.1) is 0 Å². The number of aliphatic hydroxyl groups excluding tert-OH is 4. The highest BCUT2D eigenvalue weighted by molar-refractivity contribution is 5.88. The number of nitrogens with one attached hydrogen (secondary N) is 1. The monoisotopic (exact) mass is 207 g/mol. The highest BCUT2D eigenvalue weighted by atomic mass is 16.4. The van der Waals surface area contributed by atoms with Crippen LogP contribution in [-0.4, -0.2) is 64.2 Å². The Morgan fingerprint density at radius 1 is 1.29 bits per heavy atom. The lowest BCUT2D eigenvalue weighted by Crippen LogP contribution is -2.49. The van der Waals surface area contributed by atoms with Gasteiger partial charge in [-0.05, 0) is 6.54 Å². The molecule has 0 aromatic carbocycles. The van der Waals surface area contributed by atoms with E-state index in [4.69, 9.17) is 15.3 Å². The molecule has 0 saturated carbocycles. The number of ketones is 1. The van der Waals surface area contributed by atoms with Crippen LogP contribution in [0.1, 0.15) is 6.92 Å². The molecule has 0 fully saturated rings. The Labute approximate surface area is 82.2 Å². The summed E-state index contributed by atoms with van der Waals surface area (Å²) >= 11 is 0. The van der Waals surface area contributed by atoms with Crippen molar-refractivity contribution in [2.45, 2.75) is 25.2 Å². The Bertz CT molecular complexity index is 171. The molecule has 0 rings (SSSR count). The fourth-order valence-electron chi connectivity index (χ4n) is 0.997. The number of carbonyl (C=O) groups is 1. The van der Waals surface area contributed by atoms with Crippen LogP contribution in [0.2, 0.25) is 0 Å². The average Bonchev–Trinajstić information content (AvgIpc) is 2.22. The Kier molecular flexibility index (Phi) is 6.60. The van der Waals surface area contributed by atoms with Gasteiger partial charge in [-0.25, -0.2) is 0 Å².